The molecule has 1 aromatic carbocycles. The number of rotatable bonds is 6. The van der Waals surface area contributed by atoms with Gasteiger partial charge >= 0.3 is 12.1 Å². The number of para-hydroxylation sites is 1. The van der Waals surface area contributed by atoms with Gasteiger partial charge in [-0.3, -0.25) is 14.7 Å². The van der Waals surface area contributed by atoms with Crippen molar-refractivity contribution in [1.29, 1.82) is 0 Å². The van der Waals surface area contributed by atoms with Gasteiger partial charge in [0.1, 0.15) is 0 Å². The van der Waals surface area contributed by atoms with Crippen LogP contribution in [-0.4, -0.2) is 120 Å². The number of aryl methyl sites for hydroxylation is 2. The molecule has 0 aliphatic carbocycles. The molecule has 3 fully saturated rings. The molecule has 45 heavy (non-hydrogen) atoms. The number of hydrogen-bond acceptors (Lipinski definition) is 7. The van der Waals surface area contributed by atoms with E-state index in [0.29, 0.717) is 51.6 Å². The minimum atomic E-state index is -0.940. The van der Waals surface area contributed by atoms with Gasteiger partial charge in [0.25, 0.3) is 5.91 Å². The van der Waals surface area contributed by atoms with Crippen molar-refractivity contribution in [2.45, 2.75) is 70.6 Å². The fourth-order valence-corrected chi connectivity index (χ4v) is 7.14. The third-order valence-electron chi connectivity index (χ3n) is 10.1. The zero-order valence-electron chi connectivity index (χ0n) is 26.7. The highest BCUT2D eigenvalue weighted by atomic mass is 16.6. The van der Waals surface area contributed by atoms with Gasteiger partial charge in [0.2, 0.25) is 0 Å². The minimum Gasteiger partial charge on any atom is -0.436 e. The number of likely N-dealkylation sites (tertiary alicyclic amines) is 1. The molecule has 244 valence electrons. The largest absolute Gasteiger partial charge is 0.436 e. The van der Waals surface area contributed by atoms with E-state index in [1.165, 1.54) is 0 Å². The minimum absolute atomic E-state index is 0. The predicted molar refractivity (Wildman–Crippen MR) is 174 cm³/mol. The van der Waals surface area contributed by atoms with Gasteiger partial charge in [0, 0.05) is 83.3 Å². The summed E-state index contributed by atoms with van der Waals surface area (Å²) in [5.74, 6) is -0.149. The highest BCUT2D eigenvalue weighted by molar-refractivity contribution is 5.91. The van der Waals surface area contributed by atoms with Gasteiger partial charge in [-0.05, 0) is 87.9 Å². The standard InChI is InChI=1S/C34H47N7O4.H2/c1-24-21-27(36-23-25(24)2)22-31(32(42)39-19-17-38(18-20-39)28-7-12-35-13-8-28)45-34(44)40-14-10-29(11-15-40)41-16-9-26-5-3-4-6-30(26)37-33(41)43;/h3-6,21,23,28-29,31,35H,7-20,22H2,1-2H3,(H,37,43);1H/t31-;/m1./s1. The van der Waals surface area contributed by atoms with E-state index in [2.05, 4.69) is 26.6 Å². The number of piperazine rings is 1. The van der Waals surface area contributed by atoms with Crippen molar-refractivity contribution in [3.05, 3.63) is 58.9 Å². The van der Waals surface area contributed by atoms with Crippen LogP contribution < -0.4 is 10.6 Å². The number of nitrogens with one attached hydrogen (secondary N) is 2. The van der Waals surface area contributed by atoms with E-state index in [1.807, 2.05) is 54.1 Å². The highest BCUT2D eigenvalue weighted by Crippen LogP contribution is 2.25. The van der Waals surface area contributed by atoms with E-state index in [-0.39, 0.29) is 25.8 Å². The Morgan fingerprint density at radius 3 is 2.40 bits per heavy atom. The number of ether oxygens (including phenoxy) is 1. The Kier molecular flexibility index (Phi) is 9.85. The Morgan fingerprint density at radius 2 is 1.67 bits per heavy atom. The van der Waals surface area contributed by atoms with Crippen molar-refractivity contribution in [3.63, 3.8) is 0 Å². The number of benzene rings is 1. The molecule has 4 aliphatic heterocycles. The molecule has 4 amide bonds. The van der Waals surface area contributed by atoms with Crippen molar-refractivity contribution >= 4 is 23.7 Å². The summed E-state index contributed by atoms with van der Waals surface area (Å²) in [6.45, 7) is 10.6. The normalized spacial score (nSPS) is 21.1. The van der Waals surface area contributed by atoms with Crippen molar-refractivity contribution in [1.82, 2.24) is 29.9 Å². The first-order valence-corrected chi connectivity index (χ1v) is 16.6. The summed E-state index contributed by atoms with van der Waals surface area (Å²) in [5.41, 5.74) is 4.92. The van der Waals surface area contributed by atoms with E-state index in [4.69, 9.17) is 4.74 Å². The molecule has 1 atom stereocenters. The molecule has 5 heterocycles. The van der Waals surface area contributed by atoms with Crippen molar-refractivity contribution in [2.24, 2.45) is 0 Å². The number of carbonyl (C=O) groups is 3. The third kappa shape index (κ3) is 7.41. The molecule has 0 unspecified atom stereocenters. The molecule has 2 aromatic rings. The third-order valence-corrected chi connectivity index (χ3v) is 10.1. The molecule has 4 aliphatic rings. The van der Waals surface area contributed by atoms with Crippen molar-refractivity contribution in [2.75, 3.05) is 64.2 Å². The van der Waals surface area contributed by atoms with Crippen molar-refractivity contribution in [3.8, 4) is 0 Å². The number of aromatic nitrogens is 1. The molecule has 1 aromatic heterocycles. The van der Waals surface area contributed by atoms with E-state index < -0.39 is 12.2 Å². The van der Waals surface area contributed by atoms with Gasteiger partial charge in [0.15, 0.2) is 6.10 Å². The van der Waals surface area contributed by atoms with Crippen LogP contribution in [0.25, 0.3) is 0 Å². The predicted octanol–water partition coefficient (Wildman–Crippen LogP) is 3.44. The van der Waals surface area contributed by atoms with Crippen LogP contribution in [0.5, 0.6) is 0 Å². The van der Waals surface area contributed by atoms with Gasteiger partial charge in [-0.15, -0.1) is 0 Å². The Bertz CT molecular complexity index is 1370. The molecule has 11 heteroatoms. The second-order valence-corrected chi connectivity index (χ2v) is 12.9. The quantitative estimate of drug-likeness (QED) is 0.510. The number of pyridine rings is 1. The number of amides is 4. The number of carbonyl (C=O) groups excluding carboxylic acids is 3. The molecule has 0 radical (unpaired) electrons. The zero-order chi connectivity index (χ0) is 31.3. The lowest BCUT2D eigenvalue weighted by atomic mass is 10.0. The van der Waals surface area contributed by atoms with Gasteiger partial charge in [-0.1, -0.05) is 18.2 Å². The van der Waals surface area contributed by atoms with E-state index in [9.17, 15) is 14.4 Å². The zero-order valence-corrected chi connectivity index (χ0v) is 26.7. The SMILES string of the molecule is Cc1cnc(C[C@@H](OC(=O)N2CCC(N3CCc4ccccc4NC3=O)CC2)C(=O)N2CCN(C3CCNCC3)CC2)cc1C.[HH]. The summed E-state index contributed by atoms with van der Waals surface area (Å²) in [5, 5.41) is 6.48. The lowest BCUT2D eigenvalue weighted by Crippen LogP contribution is -2.56. The maximum Gasteiger partial charge on any atom is 0.410 e. The molecule has 0 saturated carbocycles. The number of anilines is 1. The number of hydrogen-bond donors (Lipinski definition) is 2. The summed E-state index contributed by atoms with van der Waals surface area (Å²) in [6, 6.07) is 10.4. The molecule has 11 nitrogen and oxygen atoms in total. The van der Waals surface area contributed by atoms with Gasteiger partial charge in [0.05, 0.1) is 0 Å². The molecule has 2 N–H and O–H groups in total. The van der Waals surface area contributed by atoms with Crippen LogP contribution in [-0.2, 0) is 22.4 Å². The van der Waals surface area contributed by atoms with Crippen LogP contribution in [0.2, 0.25) is 0 Å². The summed E-state index contributed by atoms with van der Waals surface area (Å²) >= 11 is 0. The highest BCUT2D eigenvalue weighted by Gasteiger charge is 2.36. The Morgan fingerprint density at radius 1 is 0.933 bits per heavy atom. The van der Waals surface area contributed by atoms with Crippen LogP contribution in [0.1, 0.15) is 49.5 Å². The second kappa shape index (κ2) is 14.2. The van der Waals surface area contributed by atoms with E-state index in [1.54, 1.807) is 4.90 Å². The second-order valence-electron chi connectivity index (χ2n) is 12.9. The van der Waals surface area contributed by atoms with Crippen LogP contribution >= 0.6 is 0 Å². The fourth-order valence-electron chi connectivity index (χ4n) is 7.14. The number of piperidine rings is 2. The summed E-state index contributed by atoms with van der Waals surface area (Å²) in [7, 11) is 0. The van der Waals surface area contributed by atoms with E-state index >= 15 is 0 Å². The fraction of sp³-hybridized carbons (Fsp3) is 0.588. The summed E-state index contributed by atoms with van der Waals surface area (Å²) in [4.78, 5) is 53.0. The molecule has 3 saturated heterocycles. The van der Waals surface area contributed by atoms with Crippen molar-refractivity contribution < 1.29 is 20.5 Å². The molecule has 0 spiro atoms. The average Bonchev–Trinajstić information content (AvgIpc) is 3.24. The maximum atomic E-state index is 13.9. The average molecular weight is 620 g/mol. The number of nitrogens with zero attached hydrogens (tertiary/aromatic N) is 5. The van der Waals surface area contributed by atoms with Gasteiger partial charge in [-0.2, -0.15) is 0 Å². The first-order chi connectivity index (χ1) is 21.9. The van der Waals surface area contributed by atoms with Crippen LogP contribution in [0.3, 0.4) is 0 Å². The Balaban J connectivity index is 0.00000417. The Labute approximate surface area is 267 Å². The monoisotopic (exact) mass is 619 g/mol. The summed E-state index contributed by atoms with van der Waals surface area (Å²) < 4.78 is 6.03. The summed E-state index contributed by atoms with van der Waals surface area (Å²) in [6.07, 6.45) is 5.03. The lowest BCUT2D eigenvalue weighted by Gasteiger charge is -2.41. The first kappa shape index (κ1) is 31.3. The molecular formula is C34H49N7O4. The molecule has 6 rings (SSSR count). The topological polar surface area (TPSA) is 110 Å². The maximum absolute atomic E-state index is 13.9. The number of urea groups is 1. The first-order valence-electron chi connectivity index (χ1n) is 16.6. The lowest BCUT2D eigenvalue weighted by molar-refractivity contribution is -0.143. The molecular weight excluding hydrogens is 570 g/mol. The van der Waals surface area contributed by atoms with Crippen LogP contribution in [0, 0.1) is 13.8 Å². The van der Waals surface area contributed by atoms with Crippen LogP contribution in [0.15, 0.2) is 36.5 Å². The molecule has 0 bridgehead atoms. The Hall–Kier alpha value is -3.70. The van der Waals surface area contributed by atoms with Gasteiger partial charge in [-0.25, -0.2) is 9.59 Å². The van der Waals surface area contributed by atoms with Gasteiger partial charge < -0.3 is 30.1 Å². The smallest absolute Gasteiger partial charge is 0.410 e. The van der Waals surface area contributed by atoms with E-state index in [0.717, 1.165) is 73.5 Å². The number of fused-ring (bicyclic) bond motifs is 1. The van der Waals surface area contributed by atoms with Crippen LogP contribution in [0.4, 0.5) is 15.3 Å².